The van der Waals surface area contributed by atoms with Gasteiger partial charge >= 0.3 is 6.09 Å². The molecule has 0 aliphatic rings. The Hall–Kier alpha value is -3.41. The Balaban J connectivity index is 1.67. The van der Waals surface area contributed by atoms with E-state index in [4.69, 9.17) is 4.74 Å². The van der Waals surface area contributed by atoms with Gasteiger partial charge in [0.05, 0.1) is 10.6 Å². The first-order valence-electron chi connectivity index (χ1n) is 7.28. The van der Waals surface area contributed by atoms with Crippen molar-refractivity contribution < 1.29 is 14.5 Å². The number of rotatable bonds is 4. The Kier molecular flexibility index (Phi) is 4.38. The lowest BCUT2D eigenvalue weighted by Gasteiger charge is -2.09. The molecule has 0 radical (unpaired) electrons. The van der Waals surface area contributed by atoms with E-state index in [0.717, 1.165) is 10.8 Å². The fraction of sp³-hybridized carbons (Fsp3) is 0.0556. The number of anilines is 1. The monoisotopic (exact) mass is 322 g/mol. The summed E-state index contributed by atoms with van der Waals surface area (Å²) in [5.41, 5.74) is 1.17. The van der Waals surface area contributed by atoms with E-state index in [2.05, 4.69) is 5.32 Å². The molecule has 0 aromatic heterocycles. The molecule has 0 bridgehead atoms. The first-order chi connectivity index (χ1) is 11.6. The van der Waals surface area contributed by atoms with Gasteiger partial charge < -0.3 is 4.74 Å². The van der Waals surface area contributed by atoms with Crippen molar-refractivity contribution in [1.29, 1.82) is 0 Å². The quantitative estimate of drug-likeness (QED) is 0.566. The number of fused-ring (bicyclic) bond motifs is 1. The molecule has 0 spiro atoms. The summed E-state index contributed by atoms with van der Waals surface area (Å²) in [5, 5.41) is 15.4. The normalized spacial score (nSPS) is 10.3. The highest BCUT2D eigenvalue weighted by Gasteiger charge is 2.09. The molecule has 0 saturated carbocycles. The van der Waals surface area contributed by atoms with Crippen molar-refractivity contribution in [3.8, 4) is 0 Å². The number of ether oxygens (including phenoxy) is 1. The van der Waals surface area contributed by atoms with Crippen molar-refractivity contribution in [1.82, 2.24) is 0 Å². The van der Waals surface area contributed by atoms with Crippen LogP contribution >= 0.6 is 0 Å². The number of nitro benzene ring substituents is 1. The summed E-state index contributed by atoms with van der Waals surface area (Å²) in [7, 11) is 0. The van der Waals surface area contributed by atoms with Crippen LogP contribution in [0.2, 0.25) is 0 Å². The standard InChI is InChI=1S/C18H14N2O4/c21-18(24-12-13-5-3-8-15(11-13)20(22)23)19-17-10-4-7-14-6-1-2-9-16(14)17/h1-11H,12H2,(H,19,21). The van der Waals surface area contributed by atoms with Crippen molar-refractivity contribution in [3.05, 3.63) is 82.4 Å². The van der Waals surface area contributed by atoms with Crippen LogP contribution in [-0.2, 0) is 11.3 Å². The number of nitro groups is 1. The van der Waals surface area contributed by atoms with E-state index >= 15 is 0 Å². The molecule has 0 aliphatic heterocycles. The Bertz CT molecular complexity index is 903. The lowest BCUT2D eigenvalue weighted by atomic mass is 10.1. The van der Waals surface area contributed by atoms with Crippen molar-refractivity contribution in [2.45, 2.75) is 6.61 Å². The smallest absolute Gasteiger partial charge is 0.411 e. The summed E-state index contributed by atoms with van der Waals surface area (Å²) < 4.78 is 5.14. The number of nitrogens with zero attached hydrogens (tertiary/aromatic N) is 1. The molecule has 0 fully saturated rings. The minimum atomic E-state index is -0.613. The maximum Gasteiger partial charge on any atom is 0.411 e. The predicted molar refractivity (Wildman–Crippen MR) is 90.9 cm³/mol. The molecule has 0 unspecified atom stereocenters. The number of carbonyl (C=O) groups is 1. The molecular weight excluding hydrogens is 308 g/mol. The van der Waals surface area contributed by atoms with Gasteiger partial charge in [0.1, 0.15) is 6.61 Å². The third-order valence-electron chi connectivity index (χ3n) is 3.52. The van der Waals surface area contributed by atoms with Crippen LogP contribution in [0, 0.1) is 10.1 Å². The third kappa shape index (κ3) is 3.49. The molecule has 0 heterocycles. The van der Waals surface area contributed by atoms with E-state index < -0.39 is 11.0 Å². The second kappa shape index (κ2) is 6.78. The van der Waals surface area contributed by atoms with Gasteiger partial charge in [-0.15, -0.1) is 0 Å². The summed E-state index contributed by atoms with van der Waals surface area (Å²) >= 11 is 0. The first kappa shape index (κ1) is 15.5. The highest BCUT2D eigenvalue weighted by Crippen LogP contribution is 2.23. The molecule has 0 atom stereocenters. The van der Waals surface area contributed by atoms with Gasteiger partial charge in [0, 0.05) is 17.5 Å². The zero-order valence-electron chi connectivity index (χ0n) is 12.6. The SMILES string of the molecule is O=C(Nc1cccc2ccccc12)OCc1cccc([N+](=O)[O-])c1. The number of amides is 1. The molecule has 3 rings (SSSR count). The maximum absolute atomic E-state index is 12.0. The average Bonchev–Trinajstić information content (AvgIpc) is 2.60. The topological polar surface area (TPSA) is 81.5 Å². The van der Waals surface area contributed by atoms with Crippen molar-refractivity contribution in [2.75, 3.05) is 5.32 Å². The Morgan fingerprint density at radius 1 is 1.04 bits per heavy atom. The number of hydrogen-bond donors (Lipinski definition) is 1. The number of hydrogen-bond acceptors (Lipinski definition) is 4. The fourth-order valence-corrected chi connectivity index (χ4v) is 2.39. The molecule has 3 aromatic rings. The zero-order valence-corrected chi connectivity index (χ0v) is 12.6. The Morgan fingerprint density at radius 2 is 1.79 bits per heavy atom. The molecule has 6 nitrogen and oxygen atoms in total. The van der Waals surface area contributed by atoms with Crippen LogP contribution in [0.25, 0.3) is 10.8 Å². The molecular formula is C18H14N2O4. The van der Waals surface area contributed by atoms with Gasteiger partial charge in [-0.3, -0.25) is 15.4 Å². The van der Waals surface area contributed by atoms with Gasteiger partial charge in [-0.2, -0.15) is 0 Å². The number of carbonyl (C=O) groups excluding carboxylic acids is 1. The summed E-state index contributed by atoms with van der Waals surface area (Å²) in [6.07, 6.45) is -0.613. The minimum absolute atomic E-state index is 0.0365. The molecule has 24 heavy (non-hydrogen) atoms. The van der Waals surface area contributed by atoms with Crippen LogP contribution in [-0.4, -0.2) is 11.0 Å². The van der Waals surface area contributed by atoms with E-state index in [1.807, 2.05) is 36.4 Å². The van der Waals surface area contributed by atoms with Crippen LogP contribution < -0.4 is 5.32 Å². The highest BCUT2D eigenvalue weighted by atomic mass is 16.6. The van der Waals surface area contributed by atoms with Gasteiger partial charge in [0.25, 0.3) is 5.69 Å². The molecule has 0 aliphatic carbocycles. The van der Waals surface area contributed by atoms with E-state index in [0.29, 0.717) is 11.3 Å². The molecule has 3 aromatic carbocycles. The highest BCUT2D eigenvalue weighted by molar-refractivity contribution is 6.00. The fourth-order valence-electron chi connectivity index (χ4n) is 2.39. The Morgan fingerprint density at radius 3 is 2.62 bits per heavy atom. The van der Waals surface area contributed by atoms with E-state index in [1.165, 1.54) is 12.1 Å². The third-order valence-corrected chi connectivity index (χ3v) is 3.52. The van der Waals surface area contributed by atoms with E-state index in [9.17, 15) is 14.9 Å². The number of nitrogens with one attached hydrogen (secondary N) is 1. The summed E-state index contributed by atoms with van der Waals surface area (Å²) in [5.74, 6) is 0. The van der Waals surface area contributed by atoms with E-state index in [-0.39, 0.29) is 12.3 Å². The van der Waals surface area contributed by atoms with Crippen LogP contribution in [0.4, 0.5) is 16.2 Å². The molecule has 1 N–H and O–H groups in total. The number of non-ortho nitro benzene ring substituents is 1. The van der Waals surface area contributed by atoms with Gasteiger partial charge in [0.2, 0.25) is 0 Å². The number of benzene rings is 3. The lowest BCUT2D eigenvalue weighted by molar-refractivity contribution is -0.384. The minimum Gasteiger partial charge on any atom is -0.444 e. The molecule has 120 valence electrons. The van der Waals surface area contributed by atoms with Crippen LogP contribution in [0.1, 0.15) is 5.56 Å². The van der Waals surface area contributed by atoms with Crippen LogP contribution in [0.5, 0.6) is 0 Å². The van der Waals surface area contributed by atoms with Gasteiger partial charge in [-0.1, -0.05) is 48.5 Å². The van der Waals surface area contributed by atoms with Crippen molar-refractivity contribution in [2.24, 2.45) is 0 Å². The molecule has 1 amide bonds. The van der Waals surface area contributed by atoms with Crippen molar-refractivity contribution in [3.63, 3.8) is 0 Å². The second-order valence-electron chi connectivity index (χ2n) is 5.15. The van der Waals surface area contributed by atoms with Crippen molar-refractivity contribution >= 4 is 28.2 Å². The zero-order chi connectivity index (χ0) is 16.9. The first-order valence-corrected chi connectivity index (χ1v) is 7.28. The summed E-state index contributed by atoms with van der Waals surface area (Å²) in [4.78, 5) is 22.2. The maximum atomic E-state index is 12.0. The van der Waals surface area contributed by atoms with E-state index in [1.54, 1.807) is 18.2 Å². The Labute approximate surface area is 137 Å². The summed E-state index contributed by atoms with van der Waals surface area (Å²) in [6.45, 7) is -0.0434. The second-order valence-corrected chi connectivity index (χ2v) is 5.15. The van der Waals surface area contributed by atoms with Gasteiger partial charge in [-0.05, 0) is 17.0 Å². The summed E-state index contributed by atoms with van der Waals surface area (Å²) in [6, 6.07) is 19.3. The average molecular weight is 322 g/mol. The van der Waals surface area contributed by atoms with Crippen LogP contribution in [0.15, 0.2) is 66.7 Å². The largest absolute Gasteiger partial charge is 0.444 e. The van der Waals surface area contributed by atoms with Gasteiger partial charge in [-0.25, -0.2) is 4.79 Å². The molecule has 6 heteroatoms. The molecule has 0 saturated heterocycles. The predicted octanol–water partition coefficient (Wildman–Crippen LogP) is 4.50. The van der Waals surface area contributed by atoms with Gasteiger partial charge in [0.15, 0.2) is 0 Å². The lowest BCUT2D eigenvalue weighted by Crippen LogP contribution is -2.13. The van der Waals surface area contributed by atoms with Crippen LogP contribution in [0.3, 0.4) is 0 Å².